The summed E-state index contributed by atoms with van der Waals surface area (Å²) in [5.41, 5.74) is 13.8. The topological polar surface area (TPSA) is 64.5 Å². The zero-order chi connectivity index (χ0) is 11.8. The first-order valence-corrected chi connectivity index (χ1v) is 6.02. The van der Waals surface area contributed by atoms with Crippen LogP contribution < -0.4 is 16.2 Å². The van der Waals surface area contributed by atoms with E-state index in [2.05, 4.69) is 17.1 Å². The van der Waals surface area contributed by atoms with Gasteiger partial charge in [-0.05, 0) is 25.0 Å². The molecule has 0 saturated carbocycles. The Hall–Kier alpha value is -1.68. The number of benzene rings is 1. The summed E-state index contributed by atoms with van der Waals surface area (Å²) in [5, 5.41) is 0. The van der Waals surface area contributed by atoms with E-state index >= 15 is 0 Å². The summed E-state index contributed by atoms with van der Waals surface area (Å²) in [6.07, 6.45) is 6.71. The Labute approximate surface area is 101 Å². The van der Waals surface area contributed by atoms with Crippen molar-refractivity contribution in [2.45, 2.75) is 19.1 Å². The fourth-order valence-corrected chi connectivity index (χ4v) is 2.41. The average molecular weight is 231 g/mol. The van der Waals surface area contributed by atoms with Crippen molar-refractivity contribution in [3.63, 3.8) is 0 Å². The Morgan fingerprint density at radius 3 is 2.59 bits per heavy atom. The van der Waals surface area contributed by atoms with Gasteiger partial charge in [0.25, 0.3) is 0 Å². The number of nitrogens with two attached hydrogens (primary N) is 2. The van der Waals surface area contributed by atoms with E-state index in [1.165, 1.54) is 12.8 Å². The van der Waals surface area contributed by atoms with Gasteiger partial charge in [0.05, 0.1) is 11.4 Å². The quantitative estimate of drug-likeness (QED) is 0.722. The van der Waals surface area contributed by atoms with Gasteiger partial charge in [-0.2, -0.15) is 0 Å². The monoisotopic (exact) mass is 231 g/mol. The summed E-state index contributed by atoms with van der Waals surface area (Å²) in [5.74, 6) is 0.830. The van der Waals surface area contributed by atoms with Crippen molar-refractivity contribution in [2.24, 2.45) is 0 Å². The van der Waals surface area contributed by atoms with E-state index in [1.54, 1.807) is 0 Å². The predicted molar refractivity (Wildman–Crippen MR) is 69.5 cm³/mol. The second-order valence-electron chi connectivity index (χ2n) is 4.63. The van der Waals surface area contributed by atoms with E-state index in [-0.39, 0.29) is 6.23 Å². The molecule has 4 nitrogen and oxygen atoms in total. The van der Waals surface area contributed by atoms with Gasteiger partial charge < -0.3 is 16.2 Å². The van der Waals surface area contributed by atoms with Crippen molar-refractivity contribution in [1.82, 2.24) is 4.90 Å². The number of hydrogen-bond acceptors (Lipinski definition) is 4. The summed E-state index contributed by atoms with van der Waals surface area (Å²) >= 11 is 0. The smallest absolute Gasteiger partial charge is 0.172 e. The maximum Gasteiger partial charge on any atom is 0.172 e. The van der Waals surface area contributed by atoms with E-state index in [0.717, 1.165) is 24.4 Å². The van der Waals surface area contributed by atoms with Crippen LogP contribution in [0, 0.1) is 0 Å². The van der Waals surface area contributed by atoms with Gasteiger partial charge in [0, 0.05) is 24.7 Å². The van der Waals surface area contributed by atoms with Gasteiger partial charge in [-0.3, -0.25) is 4.90 Å². The van der Waals surface area contributed by atoms with Gasteiger partial charge >= 0.3 is 0 Å². The number of rotatable bonds is 1. The third-order valence-electron chi connectivity index (χ3n) is 3.40. The van der Waals surface area contributed by atoms with Gasteiger partial charge in [0.1, 0.15) is 5.75 Å². The molecule has 2 aliphatic rings. The zero-order valence-electron chi connectivity index (χ0n) is 9.73. The molecule has 1 aromatic rings. The Kier molecular flexibility index (Phi) is 2.44. The number of likely N-dealkylation sites (tertiary alicyclic amines) is 1. The van der Waals surface area contributed by atoms with Crippen LogP contribution in [-0.2, 0) is 0 Å². The maximum atomic E-state index is 5.96. The van der Waals surface area contributed by atoms with E-state index in [4.69, 9.17) is 16.2 Å². The highest BCUT2D eigenvalue weighted by Gasteiger charge is 2.24. The highest BCUT2D eigenvalue weighted by atomic mass is 16.5. The van der Waals surface area contributed by atoms with Crippen LogP contribution in [0.3, 0.4) is 0 Å². The van der Waals surface area contributed by atoms with Gasteiger partial charge in [0.15, 0.2) is 6.23 Å². The number of nitrogen functional groups attached to an aromatic ring is 2. The summed E-state index contributed by atoms with van der Waals surface area (Å²) in [7, 11) is 0. The van der Waals surface area contributed by atoms with E-state index < -0.39 is 0 Å². The average Bonchev–Trinajstić information content (AvgIpc) is 2.83. The largest absolute Gasteiger partial charge is 0.471 e. The molecule has 0 radical (unpaired) electrons. The lowest BCUT2D eigenvalue weighted by molar-refractivity contribution is 0.0816. The molecule has 1 saturated heterocycles. The van der Waals surface area contributed by atoms with E-state index in [0.29, 0.717) is 11.4 Å². The standard InChI is InChI=1S/C13H17N3O/c14-10-7-9-3-4-13(16-5-1-2-6-16)17-12(9)8-11(10)15/h3-4,7-8,13H,1-2,5-6,14-15H2. The van der Waals surface area contributed by atoms with Crippen molar-refractivity contribution in [3.05, 3.63) is 23.8 Å². The molecule has 1 unspecified atom stereocenters. The number of hydrogen-bond donors (Lipinski definition) is 2. The molecule has 0 bridgehead atoms. The highest BCUT2D eigenvalue weighted by molar-refractivity contribution is 5.74. The van der Waals surface area contributed by atoms with Crippen molar-refractivity contribution in [2.75, 3.05) is 24.6 Å². The zero-order valence-corrected chi connectivity index (χ0v) is 9.73. The van der Waals surface area contributed by atoms with E-state index in [9.17, 15) is 0 Å². The van der Waals surface area contributed by atoms with Crippen LogP contribution in [0.25, 0.3) is 6.08 Å². The molecule has 1 aromatic carbocycles. The van der Waals surface area contributed by atoms with Gasteiger partial charge in [0.2, 0.25) is 0 Å². The Morgan fingerprint density at radius 2 is 1.82 bits per heavy atom. The van der Waals surface area contributed by atoms with Crippen LogP contribution in [0.15, 0.2) is 18.2 Å². The molecule has 90 valence electrons. The Balaban J connectivity index is 1.87. The first-order chi connectivity index (χ1) is 8.24. The number of anilines is 2. The summed E-state index contributed by atoms with van der Waals surface area (Å²) < 4.78 is 5.96. The van der Waals surface area contributed by atoms with Crippen LogP contribution in [-0.4, -0.2) is 24.2 Å². The van der Waals surface area contributed by atoms with Crippen molar-refractivity contribution in [1.29, 1.82) is 0 Å². The Bertz CT molecular complexity index is 464. The molecule has 1 fully saturated rings. The molecule has 2 aliphatic heterocycles. The van der Waals surface area contributed by atoms with Crippen LogP contribution in [0.1, 0.15) is 18.4 Å². The first kappa shape index (κ1) is 10.5. The van der Waals surface area contributed by atoms with Gasteiger partial charge in [-0.1, -0.05) is 6.08 Å². The SMILES string of the molecule is Nc1cc2c(cc1N)OC(N1CCCC1)C=C2. The fourth-order valence-electron chi connectivity index (χ4n) is 2.41. The van der Waals surface area contributed by atoms with Gasteiger partial charge in [-0.15, -0.1) is 0 Å². The minimum absolute atomic E-state index is 0.0491. The van der Waals surface area contributed by atoms with Crippen LogP contribution >= 0.6 is 0 Å². The van der Waals surface area contributed by atoms with Crippen molar-refractivity contribution < 1.29 is 4.74 Å². The van der Waals surface area contributed by atoms with E-state index in [1.807, 2.05) is 12.1 Å². The highest BCUT2D eigenvalue weighted by Crippen LogP contribution is 2.33. The predicted octanol–water partition coefficient (Wildman–Crippen LogP) is 1.68. The molecule has 3 rings (SSSR count). The molecular weight excluding hydrogens is 214 g/mol. The van der Waals surface area contributed by atoms with Crippen LogP contribution in [0.4, 0.5) is 11.4 Å². The first-order valence-electron chi connectivity index (χ1n) is 6.02. The van der Waals surface area contributed by atoms with Crippen LogP contribution in [0.5, 0.6) is 5.75 Å². The molecule has 0 amide bonds. The van der Waals surface area contributed by atoms with Crippen molar-refractivity contribution >= 4 is 17.5 Å². The second kappa shape index (κ2) is 3.96. The van der Waals surface area contributed by atoms with Crippen molar-refractivity contribution in [3.8, 4) is 5.75 Å². The molecular formula is C13H17N3O. The molecule has 0 spiro atoms. The summed E-state index contributed by atoms with van der Waals surface area (Å²) in [6, 6.07) is 3.68. The van der Waals surface area contributed by atoms with Crippen LogP contribution in [0.2, 0.25) is 0 Å². The van der Waals surface area contributed by atoms with Gasteiger partial charge in [-0.25, -0.2) is 0 Å². The molecule has 0 aliphatic carbocycles. The lowest BCUT2D eigenvalue weighted by Gasteiger charge is -2.29. The molecule has 4 N–H and O–H groups in total. The summed E-state index contributed by atoms with van der Waals surface area (Å²) in [6.45, 7) is 2.21. The third kappa shape index (κ3) is 1.85. The third-order valence-corrected chi connectivity index (χ3v) is 3.40. The lowest BCUT2D eigenvalue weighted by Crippen LogP contribution is -2.36. The number of ether oxygens (including phenoxy) is 1. The minimum atomic E-state index is 0.0491. The fraction of sp³-hybridized carbons (Fsp3) is 0.385. The maximum absolute atomic E-state index is 5.96. The normalized spacial score (nSPS) is 23.4. The summed E-state index contributed by atoms with van der Waals surface area (Å²) in [4.78, 5) is 2.34. The minimum Gasteiger partial charge on any atom is -0.471 e. The molecule has 2 heterocycles. The lowest BCUT2D eigenvalue weighted by atomic mass is 10.1. The molecule has 17 heavy (non-hydrogen) atoms. The molecule has 4 heteroatoms. The Morgan fingerprint density at radius 1 is 1.12 bits per heavy atom. The second-order valence-corrected chi connectivity index (χ2v) is 4.63. The number of fused-ring (bicyclic) bond motifs is 1. The number of nitrogens with zero attached hydrogens (tertiary/aromatic N) is 1. The molecule has 0 aromatic heterocycles. The molecule has 1 atom stereocenters.